The zero-order valence-corrected chi connectivity index (χ0v) is 11.1. The Balaban J connectivity index is 2.56. The summed E-state index contributed by atoms with van der Waals surface area (Å²) in [6, 6.07) is 8.06. The molecule has 0 amide bonds. The van der Waals surface area contributed by atoms with Crippen molar-refractivity contribution in [1.82, 2.24) is 9.71 Å². The van der Waals surface area contributed by atoms with Crippen LogP contribution in [0.1, 0.15) is 13.3 Å². The number of hydrogen-bond acceptors (Lipinski definition) is 4. The Morgan fingerprint density at radius 3 is 2.89 bits per heavy atom. The minimum absolute atomic E-state index is 0.0237. The third-order valence-corrected chi connectivity index (χ3v) is 2.65. The summed E-state index contributed by atoms with van der Waals surface area (Å²) in [5, 5.41) is 9.78. The minimum atomic E-state index is -0.639. The summed E-state index contributed by atoms with van der Waals surface area (Å²) >= 11 is 5.75. The van der Waals surface area contributed by atoms with Crippen molar-refractivity contribution in [2.45, 2.75) is 13.3 Å². The molecule has 19 heavy (non-hydrogen) atoms. The molecule has 6 heteroatoms. The number of hydrogen-bond donors (Lipinski definition) is 1. The van der Waals surface area contributed by atoms with E-state index in [9.17, 15) is 10.0 Å². The van der Waals surface area contributed by atoms with E-state index >= 15 is 0 Å². The molecule has 0 spiro atoms. The highest BCUT2D eigenvalue weighted by molar-refractivity contribution is 6.29. The van der Waals surface area contributed by atoms with Gasteiger partial charge in [-0.2, -0.15) is 0 Å². The Morgan fingerprint density at radius 1 is 1.42 bits per heavy atom. The van der Waals surface area contributed by atoms with E-state index in [1.54, 1.807) is 24.3 Å². The number of para-hydroxylation sites is 1. The standard InChI is InChI=1S/C13H13ClN2O3/c1-2-7-19-10-6-4-3-5-9(10)13-15-11(14)8-12(17)16(13)18/h3-6,8,18H,2,7H2,1H3. The molecule has 0 aliphatic heterocycles. The quantitative estimate of drug-likeness (QED) is 0.691. The lowest BCUT2D eigenvalue weighted by molar-refractivity contribution is 0.176. The molecule has 0 saturated carbocycles. The van der Waals surface area contributed by atoms with Gasteiger partial charge in [-0.05, 0) is 18.6 Å². The first-order chi connectivity index (χ1) is 9.13. The Morgan fingerprint density at radius 2 is 2.16 bits per heavy atom. The van der Waals surface area contributed by atoms with Crippen LogP contribution in [0.25, 0.3) is 11.4 Å². The van der Waals surface area contributed by atoms with Crippen molar-refractivity contribution in [3.8, 4) is 17.1 Å². The maximum Gasteiger partial charge on any atom is 0.287 e. The molecule has 2 rings (SSSR count). The van der Waals surface area contributed by atoms with Gasteiger partial charge in [-0.15, -0.1) is 4.73 Å². The second-order valence-corrected chi connectivity index (χ2v) is 4.28. The van der Waals surface area contributed by atoms with Crippen LogP contribution in [0.15, 0.2) is 35.1 Å². The van der Waals surface area contributed by atoms with Crippen molar-refractivity contribution in [3.05, 3.63) is 45.8 Å². The second-order valence-electron chi connectivity index (χ2n) is 3.90. The van der Waals surface area contributed by atoms with Crippen molar-refractivity contribution < 1.29 is 9.94 Å². The first-order valence-corrected chi connectivity index (χ1v) is 6.22. The van der Waals surface area contributed by atoms with Crippen molar-refractivity contribution in [2.75, 3.05) is 6.61 Å². The molecule has 0 bridgehead atoms. The van der Waals surface area contributed by atoms with E-state index in [0.29, 0.717) is 22.7 Å². The topological polar surface area (TPSA) is 64.3 Å². The van der Waals surface area contributed by atoms with Gasteiger partial charge in [0.05, 0.1) is 12.2 Å². The first-order valence-electron chi connectivity index (χ1n) is 5.84. The fraction of sp³-hybridized carbons (Fsp3) is 0.231. The molecule has 2 aromatic rings. The predicted octanol–water partition coefficient (Wildman–Crippen LogP) is 2.59. The molecule has 0 saturated heterocycles. The SMILES string of the molecule is CCCOc1ccccc1-c1nc(Cl)cc(=O)n1O. The highest BCUT2D eigenvalue weighted by atomic mass is 35.5. The van der Waals surface area contributed by atoms with Crippen LogP contribution in [0.3, 0.4) is 0 Å². The number of halogens is 1. The maximum atomic E-state index is 11.5. The van der Waals surface area contributed by atoms with Crippen molar-refractivity contribution >= 4 is 11.6 Å². The molecular weight excluding hydrogens is 268 g/mol. The molecule has 0 aliphatic carbocycles. The van der Waals surface area contributed by atoms with Crippen LogP contribution >= 0.6 is 11.6 Å². The van der Waals surface area contributed by atoms with Crippen LogP contribution in [0.5, 0.6) is 5.75 Å². The van der Waals surface area contributed by atoms with Crippen LogP contribution in [-0.4, -0.2) is 21.5 Å². The van der Waals surface area contributed by atoms with Gasteiger partial charge in [0.1, 0.15) is 10.9 Å². The van der Waals surface area contributed by atoms with E-state index in [1.807, 2.05) is 6.92 Å². The van der Waals surface area contributed by atoms with E-state index in [2.05, 4.69) is 4.98 Å². The smallest absolute Gasteiger partial charge is 0.287 e. The highest BCUT2D eigenvalue weighted by Gasteiger charge is 2.13. The molecule has 1 aromatic carbocycles. The van der Waals surface area contributed by atoms with Gasteiger partial charge in [0.2, 0.25) is 0 Å². The first kappa shape index (κ1) is 13.4. The zero-order valence-electron chi connectivity index (χ0n) is 10.3. The number of ether oxygens (including phenoxy) is 1. The molecule has 0 unspecified atom stereocenters. The zero-order chi connectivity index (χ0) is 13.8. The van der Waals surface area contributed by atoms with Gasteiger partial charge in [0.25, 0.3) is 5.56 Å². The largest absolute Gasteiger partial charge is 0.493 e. The van der Waals surface area contributed by atoms with E-state index in [4.69, 9.17) is 16.3 Å². The maximum absolute atomic E-state index is 11.5. The third-order valence-electron chi connectivity index (χ3n) is 2.45. The van der Waals surface area contributed by atoms with Gasteiger partial charge in [-0.25, -0.2) is 4.98 Å². The molecule has 5 nitrogen and oxygen atoms in total. The van der Waals surface area contributed by atoms with Crippen LogP contribution in [0.2, 0.25) is 5.15 Å². The lowest BCUT2D eigenvalue weighted by Gasteiger charge is -2.11. The molecule has 1 N–H and O–H groups in total. The van der Waals surface area contributed by atoms with E-state index < -0.39 is 5.56 Å². The summed E-state index contributed by atoms with van der Waals surface area (Å²) < 4.78 is 6.02. The van der Waals surface area contributed by atoms with E-state index in [-0.39, 0.29) is 11.0 Å². The van der Waals surface area contributed by atoms with E-state index in [0.717, 1.165) is 12.5 Å². The Bertz CT molecular complexity index is 640. The van der Waals surface area contributed by atoms with Crippen molar-refractivity contribution in [3.63, 3.8) is 0 Å². The lowest BCUT2D eigenvalue weighted by Crippen LogP contribution is -2.20. The normalized spacial score (nSPS) is 10.4. The summed E-state index contributed by atoms with van der Waals surface area (Å²) in [5.74, 6) is 0.602. The fourth-order valence-electron chi connectivity index (χ4n) is 1.61. The van der Waals surface area contributed by atoms with Crippen LogP contribution < -0.4 is 10.3 Å². The Hall–Kier alpha value is -2.01. The Labute approximate surface area is 115 Å². The van der Waals surface area contributed by atoms with Gasteiger partial charge in [0.15, 0.2) is 5.82 Å². The van der Waals surface area contributed by atoms with Crippen LogP contribution in [0.4, 0.5) is 0 Å². The summed E-state index contributed by atoms with van der Waals surface area (Å²) in [6.45, 7) is 2.52. The summed E-state index contributed by atoms with van der Waals surface area (Å²) in [6.07, 6.45) is 0.850. The minimum Gasteiger partial charge on any atom is -0.493 e. The predicted molar refractivity (Wildman–Crippen MR) is 71.9 cm³/mol. The molecular formula is C13H13ClN2O3. The van der Waals surface area contributed by atoms with Crippen LogP contribution in [0, 0.1) is 0 Å². The molecule has 1 aromatic heterocycles. The monoisotopic (exact) mass is 280 g/mol. The van der Waals surface area contributed by atoms with Gasteiger partial charge < -0.3 is 9.94 Å². The molecule has 1 heterocycles. The fourth-order valence-corrected chi connectivity index (χ4v) is 1.79. The van der Waals surface area contributed by atoms with Crippen molar-refractivity contribution in [1.29, 1.82) is 0 Å². The van der Waals surface area contributed by atoms with Gasteiger partial charge in [-0.3, -0.25) is 4.79 Å². The van der Waals surface area contributed by atoms with Crippen LogP contribution in [-0.2, 0) is 0 Å². The van der Waals surface area contributed by atoms with Gasteiger partial charge >= 0.3 is 0 Å². The van der Waals surface area contributed by atoms with Gasteiger partial charge in [0, 0.05) is 6.07 Å². The average molecular weight is 281 g/mol. The number of aromatic nitrogens is 2. The average Bonchev–Trinajstić information content (AvgIpc) is 2.41. The Kier molecular flexibility index (Phi) is 4.06. The lowest BCUT2D eigenvalue weighted by atomic mass is 10.2. The number of benzene rings is 1. The molecule has 0 atom stereocenters. The highest BCUT2D eigenvalue weighted by Crippen LogP contribution is 2.28. The van der Waals surface area contributed by atoms with Gasteiger partial charge in [-0.1, -0.05) is 30.7 Å². The van der Waals surface area contributed by atoms with Crippen molar-refractivity contribution in [2.24, 2.45) is 0 Å². The third kappa shape index (κ3) is 2.88. The molecule has 0 fully saturated rings. The summed E-state index contributed by atoms with van der Waals surface area (Å²) in [5.41, 5.74) is -0.127. The molecule has 100 valence electrons. The number of rotatable bonds is 4. The summed E-state index contributed by atoms with van der Waals surface area (Å²) in [4.78, 5) is 15.5. The second kappa shape index (κ2) is 5.75. The molecule has 0 aliphatic rings. The summed E-state index contributed by atoms with van der Waals surface area (Å²) in [7, 11) is 0. The molecule has 0 radical (unpaired) electrons. The van der Waals surface area contributed by atoms with E-state index in [1.165, 1.54) is 0 Å². The number of nitrogens with zero attached hydrogens (tertiary/aromatic N) is 2.